The van der Waals surface area contributed by atoms with Gasteiger partial charge in [0.15, 0.2) is 17.4 Å². The molecule has 0 aliphatic carbocycles. The molecule has 220 valence electrons. The fourth-order valence-electron chi connectivity index (χ4n) is 4.36. The molecule has 1 amide bonds. The van der Waals surface area contributed by atoms with Crippen molar-refractivity contribution in [3.8, 4) is 22.8 Å². The molecule has 6 bridgehead atoms. The van der Waals surface area contributed by atoms with Crippen LogP contribution in [-0.4, -0.2) is 45.3 Å². The number of aryl methyl sites for hydroxylation is 3. The molecule has 41 heavy (non-hydrogen) atoms. The van der Waals surface area contributed by atoms with Crippen molar-refractivity contribution in [1.29, 1.82) is 0 Å². The SMILES string of the molecule is Cc1cnc2nc1-c1ccc(F)c(c1F)OCCCCOc1cc(cc(CS(C)(=O)=NC(=O)OC(C)(C)C)c1)CC2. The molecular weight excluding hydrogens is 552 g/mol. The Hall–Kier alpha value is -3.60. The van der Waals surface area contributed by atoms with Crippen LogP contribution in [0.4, 0.5) is 13.6 Å². The summed E-state index contributed by atoms with van der Waals surface area (Å²) in [6.07, 6.45) is 4.18. The van der Waals surface area contributed by atoms with Crippen molar-refractivity contribution < 1.29 is 32.0 Å². The predicted octanol–water partition coefficient (Wildman–Crippen LogP) is 6.60. The van der Waals surface area contributed by atoms with Crippen molar-refractivity contribution in [3.63, 3.8) is 0 Å². The lowest BCUT2D eigenvalue weighted by atomic mass is 10.0. The van der Waals surface area contributed by atoms with E-state index in [1.807, 2.05) is 12.1 Å². The van der Waals surface area contributed by atoms with Crippen LogP contribution >= 0.6 is 0 Å². The van der Waals surface area contributed by atoms with Crippen molar-refractivity contribution in [2.75, 3.05) is 19.5 Å². The normalized spacial score (nSPS) is 15.5. The van der Waals surface area contributed by atoms with E-state index in [1.54, 1.807) is 40.0 Å². The average Bonchev–Trinajstić information content (AvgIpc) is 2.85. The second-order valence-corrected chi connectivity index (χ2v) is 13.5. The quantitative estimate of drug-likeness (QED) is 0.333. The number of halogens is 2. The van der Waals surface area contributed by atoms with E-state index in [9.17, 15) is 13.4 Å². The summed E-state index contributed by atoms with van der Waals surface area (Å²) in [6, 6.07) is 8.11. The molecule has 2 aromatic carbocycles. The Morgan fingerprint density at radius 3 is 2.56 bits per heavy atom. The monoisotopic (exact) mass is 587 g/mol. The molecule has 0 N–H and O–H groups in total. The van der Waals surface area contributed by atoms with E-state index in [-0.39, 0.29) is 17.9 Å². The third-order valence-electron chi connectivity index (χ3n) is 6.14. The molecule has 0 fully saturated rings. The first kappa shape index (κ1) is 30.4. The van der Waals surface area contributed by atoms with Crippen LogP contribution in [0, 0.1) is 18.6 Å². The average molecular weight is 588 g/mol. The smallest absolute Gasteiger partial charge is 0.442 e. The van der Waals surface area contributed by atoms with Crippen LogP contribution in [0.3, 0.4) is 0 Å². The van der Waals surface area contributed by atoms with Crippen molar-refractivity contribution in [2.24, 2.45) is 4.36 Å². The summed E-state index contributed by atoms with van der Waals surface area (Å²) in [5.41, 5.74) is 1.99. The van der Waals surface area contributed by atoms with Gasteiger partial charge in [-0.15, -0.1) is 4.36 Å². The number of carbonyl (C=O) groups is 1. The zero-order valence-corrected chi connectivity index (χ0v) is 24.8. The molecule has 11 heteroatoms. The summed E-state index contributed by atoms with van der Waals surface area (Å²) in [5.74, 6) is -0.923. The van der Waals surface area contributed by atoms with Crippen LogP contribution in [-0.2, 0) is 33.1 Å². The van der Waals surface area contributed by atoms with E-state index >= 15 is 4.39 Å². The molecule has 1 aromatic heterocycles. The van der Waals surface area contributed by atoms with Gasteiger partial charge in [-0.05, 0) is 87.9 Å². The summed E-state index contributed by atoms with van der Waals surface area (Å²) in [6.45, 7) is 7.35. The Bertz CT molecular complexity index is 1560. The van der Waals surface area contributed by atoms with Crippen molar-refractivity contribution in [2.45, 2.75) is 64.7 Å². The van der Waals surface area contributed by atoms with Gasteiger partial charge >= 0.3 is 6.09 Å². The number of hydrogen-bond acceptors (Lipinski definition) is 7. The van der Waals surface area contributed by atoms with Crippen molar-refractivity contribution >= 4 is 15.8 Å². The Morgan fingerprint density at radius 2 is 1.83 bits per heavy atom. The summed E-state index contributed by atoms with van der Waals surface area (Å²) >= 11 is 0. The Labute approximate surface area is 239 Å². The first-order chi connectivity index (χ1) is 19.3. The topological polar surface area (TPSA) is 100.0 Å². The highest BCUT2D eigenvalue weighted by Crippen LogP contribution is 2.32. The van der Waals surface area contributed by atoms with Crippen molar-refractivity contribution in [1.82, 2.24) is 9.97 Å². The molecule has 3 aromatic rings. The van der Waals surface area contributed by atoms with Gasteiger partial charge in [-0.2, -0.15) is 0 Å². The zero-order valence-electron chi connectivity index (χ0n) is 24.0. The van der Waals surface area contributed by atoms with Crippen LogP contribution in [0.5, 0.6) is 11.5 Å². The molecule has 1 aliphatic rings. The number of fused-ring (bicyclic) bond motifs is 7. The highest BCUT2D eigenvalue weighted by molar-refractivity contribution is 7.92. The van der Waals surface area contributed by atoms with Gasteiger partial charge < -0.3 is 14.2 Å². The van der Waals surface area contributed by atoms with Gasteiger partial charge in [-0.25, -0.2) is 27.8 Å². The first-order valence-corrected chi connectivity index (χ1v) is 15.5. The third kappa shape index (κ3) is 8.45. The summed E-state index contributed by atoms with van der Waals surface area (Å²) < 4.78 is 63.5. The summed E-state index contributed by atoms with van der Waals surface area (Å²) in [5, 5.41) is 0. The second-order valence-electron chi connectivity index (χ2n) is 11.1. The first-order valence-electron chi connectivity index (χ1n) is 13.4. The van der Waals surface area contributed by atoms with Gasteiger partial charge in [0.1, 0.15) is 17.2 Å². The van der Waals surface area contributed by atoms with E-state index in [2.05, 4.69) is 14.3 Å². The highest BCUT2D eigenvalue weighted by atomic mass is 32.2. The van der Waals surface area contributed by atoms with Gasteiger partial charge in [0, 0.05) is 24.4 Å². The standard InChI is InChI=1S/C30H35F2N3O5S/c1-19-17-33-25-11-8-20-14-21(18-41(5,37)35-29(36)40-30(2,3)4)16-22(15-20)38-12-6-7-13-39-28-24(31)10-9-23(26(28)32)27(19)34-25/h9-10,14-17H,6-8,11-13,18H2,1-5H3. The lowest BCUT2D eigenvalue weighted by molar-refractivity contribution is 0.0607. The molecule has 0 saturated heterocycles. The van der Waals surface area contributed by atoms with Gasteiger partial charge in [0.05, 0.1) is 34.4 Å². The zero-order chi connectivity index (χ0) is 29.8. The number of hydrogen-bond donors (Lipinski definition) is 0. The van der Waals surface area contributed by atoms with Crippen LogP contribution < -0.4 is 9.47 Å². The molecule has 0 spiro atoms. The molecule has 2 heterocycles. The minimum absolute atomic E-state index is 0.0237. The molecule has 8 nitrogen and oxygen atoms in total. The predicted molar refractivity (Wildman–Crippen MR) is 153 cm³/mol. The minimum atomic E-state index is -2.94. The Kier molecular flexibility index (Phi) is 9.26. The second kappa shape index (κ2) is 12.5. The molecular formula is C30H35F2N3O5S. The third-order valence-corrected chi connectivity index (χ3v) is 7.54. The number of carbonyl (C=O) groups excluding carboxylic acids is 1. The lowest BCUT2D eigenvalue weighted by Crippen LogP contribution is -2.22. The van der Waals surface area contributed by atoms with Gasteiger partial charge in [0.2, 0.25) is 0 Å². The number of amides is 1. The number of benzene rings is 2. The fraction of sp³-hybridized carbons (Fsp3) is 0.433. The van der Waals surface area contributed by atoms with Gasteiger partial charge in [-0.3, -0.25) is 0 Å². The number of ether oxygens (including phenoxy) is 3. The number of nitrogens with zero attached hydrogens (tertiary/aromatic N) is 3. The van der Waals surface area contributed by atoms with Crippen molar-refractivity contribution in [3.05, 3.63) is 70.7 Å². The molecule has 1 atom stereocenters. The van der Waals surface area contributed by atoms with Crippen LogP contribution in [0.25, 0.3) is 11.3 Å². The van der Waals surface area contributed by atoms with Gasteiger partial charge in [-0.1, -0.05) is 6.07 Å². The fourth-order valence-corrected chi connectivity index (χ4v) is 5.57. The molecule has 0 radical (unpaired) electrons. The lowest BCUT2D eigenvalue weighted by Gasteiger charge is -2.17. The highest BCUT2D eigenvalue weighted by Gasteiger charge is 2.20. The molecule has 1 unspecified atom stereocenters. The largest absolute Gasteiger partial charge is 0.494 e. The maximum Gasteiger partial charge on any atom is 0.442 e. The maximum atomic E-state index is 15.3. The summed E-state index contributed by atoms with van der Waals surface area (Å²) in [7, 11) is -2.94. The number of rotatable bonds is 2. The molecule has 0 saturated carbocycles. The Morgan fingerprint density at radius 1 is 1.10 bits per heavy atom. The van der Waals surface area contributed by atoms with E-state index in [1.165, 1.54) is 18.4 Å². The Balaban J connectivity index is 1.66. The van der Waals surface area contributed by atoms with Crippen LogP contribution in [0.15, 0.2) is 40.9 Å². The van der Waals surface area contributed by atoms with E-state index in [4.69, 9.17) is 14.2 Å². The minimum Gasteiger partial charge on any atom is -0.494 e. The maximum absolute atomic E-state index is 15.3. The van der Waals surface area contributed by atoms with Gasteiger partial charge in [0.25, 0.3) is 0 Å². The van der Waals surface area contributed by atoms with Crippen LogP contribution in [0.2, 0.25) is 0 Å². The van der Waals surface area contributed by atoms with Crippen LogP contribution in [0.1, 0.15) is 56.1 Å². The summed E-state index contributed by atoms with van der Waals surface area (Å²) in [4.78, 5) is 21.2. The van der Waals surface area contributed by atoms with E-state index in [0.29, 0.717) is 60.7 Å². The van der Waals surface area contributed by atoms with E-state index < -0.39 is 38.8 Å². The number of aromatic nitrogens is 2. The van der Waals surface area contributed by atoms with E-state index in [0.717, 1.165) is 5.56 Å². The molecule has 4 rings (SSSR count). The molecule has 1 aliphatic heterocycles.